The molecule has 0 aromatic rings. The Bertz CT molecular complexity index is 165. The number of hydrogen-bond donors (Lipinski definition) is 3. The summed E-state index contributed by atoms with van der Waals surface area (Å²) >= 11 is 0. The SMILES string of the molecule is CC(C)C(O)(CN)C1CCCCCN1. The van der Waals surface area contributed by atoms with E-state index in [1.807, 2.05) is 13.8 Å². The highest BCUT2D eigenvalue weighted by atomic mass is 16.3. The largest absolute Gasteiger partial charge is 0.387 e. The van der Waals surface area contributed by atoms with Crippen LogP contribution in [0.25, 0.3) is 0 Å². The molecule has 1 rings (SSSR count). The Kier molecular flexibility index (Phi) is 4.35. The van der Waals surface area contributed by atoms with Crippen molar-refractivity contribution in [3.05, 3.63) is 0 Å². The highest BCUT2D eigenvalue weighted by molar-refractivity contribution is 4.95. The Balaban J connectivity index is 2.66. The zero-order valence-corrected chi connectivity index (χ0v) is 9.42. The molecular weight excluding hydrogens is 176 g/mol. The molecule has 2 unspecified atom stereocenters. The fraction of sp³-hybridized carbons (Fsp3) is 1.00. The molecule has 0 amide bonds. The monoisotopic (exact) mass is 200 g/mol. The maximum Gasteiger partial charge on any atom is 0.0943 e. The number of nitrogens with two attached hydrogens (primary N) is 1. The first kappa shape index (κ1) is 12.0. The molecule has 0 spiro atoms. The van der Waals surface area contributed by atoms with Gasteiger partial charge in [0.1, 0.15) is 0 Å². The van der Waals surface area contributed by atoms with Crippen LogP contribution in [0.4, 0.5) is 0 Å². The highest BCUT2D eigenvalue weighted by Crippen LogP contribution is 2.25. The first-order chi connectivity index (χ1) is 6.61. The van der Waals surface area contributed by atoms with Gasteiger partial charge in [0, 0.05) is 12.6 Å². The summed E-state index contributed by atoms with van der Waals surface area (Å²) in [7, 11) is 0. The third-order valence-corrected chi connectivity index (χ3v) is 3.49. The predicted octanol–water partition coefficient (Wildman–Crippen LogP) is 0.864. The number of nitrogens with one attached hydrogen (secondary N) is 1. The number of hydrogen-bond acceptors (Lipinski definition) is 3. The first-order valence-electron chi connectivity index (χ1n) is 5.77. The maximum atomic E-state index is 10.5. The molecule has 0 aliphatic carbocycles. The van der Waals surface area contributed by atoms with Crippen LogP contribution in [0.15, 0.2) is 0 Å². The Morgan fingerprint density at radius 2 is 2.14 bits per heavy atom. The molecule has 84 valence electrons. The minimum Gasteiger partial charge on any atom is -0.387 e. The molecule has 0 bridgehead atoms. The van der Waals surface area contributed by atoms with E-state index in [4.69, 9.17) is 5.73 Å². The van der Waals surface area contributed by atoms with Crippen molar-refractivity contribution < 1.29 is 5.11 Å². The maximum absolute atomic E-state index is 10.5. The second kappa shape index (κ2) is 5.10. The third kappa shape index (κ3) is 2.47. The fourth-order valence-corrected chi connectivity index (χ4v) is 2.24. The minimum atomic E-state index is -0.732. The smallest absolute Gasteiger partial charge is 0.0943 e. The molecule has 1 fully saturated rings. The van der Waals surface area contributed by atoms with Crippen LogP contribution in [-0.4, -0.2) is 29.8 Å². The van der Waals surface area contributed by atoms with Gasteiger partial charge in [-0.05, 0) is 25.3 Å². The Labute approximate surface area is 87.1 Å². The van der Waals surface area contributed by atoms with Gasteiger partial charge in [-0.1, -0.05) is 26.7 Å². The topological polar surface area (TPSA) is 58.3 Å². The van der Waals surface area contributed by atoms with E-state index in [9.17, 15) is 5.11 Å². The van der Waals surface area contributed by atoms with Gasteiger partial charge in [0.05, 0.1) is 5.60 Å². The molecule has 1 aliphatic heterocycles. The van der Waals surface area contributed by atoms with Crippen LogP contribution in [0.5, 0.6) is 0 Å². The predicted molar refractivity (Wildman–Crippen MR) is 59.1 cm³/mol. The van der Waals surface area contributed by atoms with Gasteiger partial charge in [-0.3, -0.25) is 0 Å². The number of aliphatic hydroxyl groups is 1. The standard InChI is InChI=1S/C11H24N2O/c1-9(2)11(14,8-12)10-6-4-3-5-7-13-10/h9-10,13-14H,3-8,12H2,1-2H3. The van der Waals surface area contributed by atoms with Crippen molar-refractivity contribution in [2.45, 2.75) is 51.2 Å². The molecule has 0 aromatic carbocycles. The van der Waals surface area contributed by atoms with E-state index in [1.54, 1.807) is 0 Å². The molecule has 3 heteroatoms. The van der Waals surface area contributed by atoms with Crippen molar-refractivity contribution in [3.8, 4) is 0 Å². The summed E-state index contributed by atoms with van der Waals surface area (Å²) in [4.78, 5) is 0. The lowest BCUT2D eigenvalue weighted by molar-refractivity contribution is -0.0324. The van der Waals surface area contributed by atoms with Crippen LogP contribution in [0.1, 0.15) is 39.5 Å². The fourth-order valence-electron chi connectivity index (χ4n) is 2.24. The molecule has 0 radical (unpaired) electrons. The lowest BCUT2D eigenvalue weighted by Crippen LogP contribution is -2.58. The van der Waals surface area contributed by atoms with Gasteiger partial charge in [0.15, 0.2) is 0 Å². The molecule has 0 saturated carbocycles. The van der Waals surface area contributed by atoms with Crippen molar-refractivity contribution in [1.29, 1.82) is 0 Å². The van der Waals surface area contributed by atoms with E-state index in [2.05, 4.69) is 5.32 Å². The van der Waals surface area contributed by atoms with E-state index in [1.165, 1.54) is 19.3 Å². The third-order valence-electron chi connectivity index (χ3n) is 3.49. The van der Waals surface area contributed by atoms with Gasteiger partial charge in [-0.15, -0.1) is 0 Å². The van der Waals surface area contributed by atoms with Crippen LogP contribution in [0.3, 0.4) is 0 Å². The van der Waals surface area contributed by atoms with Crippen molar-refractivity contribution in [2.24, 2.45) is 11.7 Å². The van der Waals surface area contributed by atoms with E-state index in [0.29, 0.717) is 6.54 Å². The Morgan fingerprint density at radius 1 is 1.43 bits per heavy atom. The van der Waals surface area contributed by atoms with E-state index in [-0.39, 0.29) is 12.0 Å². The van der Waals surface area contributed by atoms with Crippen LogP contribution in [0, 0.1) is 5.92 Å². The molecule has 14 heavy (non-hydrogen) atoms. The normalized spacial score (nSPS) is 28.5. The summed E-state index contributed by atoms with van der Waals surface area (Å²) in [6.07, 6.45) is 4.73. The lowest BCUT2D eigenvalue weighted by atomic mass is 9.81. The molecule has 3 nitrogen and oxygen atoms in total. The van der Waals surface area contributed by atoms with Crippen molar-refractivity contribution in [3.63, 3.8) is 0 Å². The van der Waals surface area contributed by atoms with Gasteiger partial charge in [0.2, 0.25) is 0 Å². The zero-order chi connectivity index (χ0) is 10.6. The number of rotatable bonds is 3. The van der Waals surface area contributed by atoms with Crippen molar-refractivity contribution >= 4 is 0 Å². The summed E-state index contributed by atoms with van der Waals surface area (Å²) in [6.45, 7) is 5.45. The summed E-state index contributed by atoms with van der Waals surface area (Å²) in [6, 6.07) is 0.176. The quantitative estimate of drug-likeness (QED) is 0.633. The Hall–Kier alpha value is -0.120. The molecule has 4 N–H and O–H groups in total. The average Bonchev–Trinajstić information content (AvgIpc) is 2.44. The highest BCUT2D eigenvalue weighted by Gasteiger charge is 2.38. The zero-order valence-electron chi connectivity index (χ0n) is 9.42. The average molecular weight is 200 g/mol. The Morgan fingerprint density at radius 3 is 2.71 bits per heavy atom. The van der Waals surface area contributed by atoms with Crippen LogP contribution in [0.2, 0.25) is 0 Å². The van der Waals surface area contributed by atoms with Gasteiger partial charge in [-0.25, -0.2) is 0 Å². The van der Waals surface area contributed by atoms with Crippen LogP contribution in [-0.2, 0) is 0 Å². The molecule has 0 aromatic heterocycles. The van der Waals surface area contributed by atoms with Gasteiger partial charge in [-0.2, -0.15) is 0 Å². The summed E-state index contributed by atoms with van der Waals surface area (Å²) in [5.41, 5.74) is 4.97. The summed E-state index contributed by atoms with van der Waals surface area (Å²) in [5, 5.41) is 13.9. The molecular formula is C11H24N2O. The first-order valence-corrected chi connectivity index (χ1v) is 5.77. The van der Waals surface area contributed by atoms with Crippen molar-refractivity contribution in [2.75, 3.05) is 13.1 Å². The molecule has 1 aliphatic rings. The summed E-state index contributed by atoms with van der Waals surface area (Å²) < 4.78 is 0. The van der Waals surface area contributed by atoms with Gasteiger partial charge < -0.3 is 16.2 Å². The minimum absolute atomic E-state index is 0.176. The van der Waals surface area contributed by atoms with E-state index in [0.717, 1.165) is 13.0 Å². The lowest BCUT2D eigenvalue weighted by Gasteiger charge is -2.38. The van der Waals surface area contributed by atoms with E-state index >= 15 is 0 Å². The second-order valence-corrected chi connectivity index (χ2v) is 4.71. The van der Waals surface area contributed by atoms with Gasteiger partial charge in [0.25, 0.3) is 0 Å². The summed E-state index contributed by atoms with van der Waals surface area (Å²) in [5.74, 6) is 0.211. The second-order valence-electron chi connectivity index (χ2n) is 4.71. The van der Waals surface area contributed by atoms with Gasteiger partial charge >= 0.3 is 0 Å². The van der Waals surface area contributed by atoms with Crippen LogP contribution < -0.4 is 11.1 Å². The van der Waals surface area contributed by atoms with Crippen LogP contribution >= 0.6 is 0 Å². The molecule has 1 saturated heterocycles. The molecule has 1 heterocycles. The molecule has 2 atom stereocenters. The van der Waals surface area contributed by atoms with E-state index < -0.39 is 5.60 Å². The van der Waals surface area contributed by atoms with Crippen molar-refractivity contribution in [1.82, 2.24) is 5.32 Å².